The largest absolute Gasteiger partial charge is 0.496 e. The number of fused-ring (bicyclic) bond motifs is 1. The zero-order chi connectivity index (χ0) is 19.2. The van der Waals surface area contributed by atoms with Crippen LogP contribution in [0.4, 0.5) is 0 Å². The number of carbonyl (C=O) groups excluding carboxylic acids is 2. The van der Waals surface area contributed by atoms with Gasteiger partial charge in [-0.3, -0.25) is 4.79 Å². The molecular formula is C21H18N2O4. The van der Waals surface area contributed by atoms with Crippen molar-refractivity contribution in [3.8, 4) is 5.75 Å². The molecule has 136 valence electrons. The number of hydrogen-bond donors (Lipinski definition) is 1. The summed E-state index contributed by atoms with van der Waals surface area (Å²) < 4.78 is 9.98. The standard InChI is InChI=1S/C21H18N2O4/c1-26-19-12-17-6-4-3-5-16(17)11-18(19)20(24)23-22-13-14-7-9-15(10-8-14)21(25)27-2/h3-13H,1-2H3,(H,23,24)/b22-13-. The Morgan fingerprint density at radius 3 is 2.26 bits per heavy atom. The van der Waals surface area contributed by atoms with Crippen molar-refractivity contribution in [3.63, 3.8) is 0 Å². The zero-order valence-electron chi connectivity index (χ0n) is 14.9. The predicted octanol–water partition coefficient (Wildman–Crippen LogP) is 3.40. The van der Waals surface area contributed by atoms with E-state index in [9.17, 15) is 9.59 Å². The molecule has 3 aromatic carbocycles. The van der Waals surface area contributed by atoms with E-state index in [-0.39, 0.29) is 5.91 Å². The van der Waals surface area contributed by atoms with Crippen LogP contribution in [0.2, 0.25) is 0 Å². The van der Waals surface area contributed by atoms with Crippen molar-refractivity contribution in [3.05, 3.63) is 77.4 Å². The van der Waals surface area contributed by atoms with Crippen molar-refractivity contribution < 1.29 is 19.1 Å². The van der Waals surface area contributed by atoms with Gasteiger partial charge in [-0.2, -0.15) is 5.10 Å². The summed E-state index contributed by atoms with van der Waals surface area (Å²) in [5.74, 6) is -0.306. The Balaban J connectivity index is 1.74. The highest BCUT2D eigenvalue weighted by Crippen LogP contribution is 2.25. The molecule has 6 heteroatoms. The molecule has 6 nitrogen and oxygen atoms in total. The van der Waals surface area contributed by atoms with Gasteiger partial charge in [-0.25, -0.2) is 10.2 Å². The van der Waals surface area contributed by atoms with E-state index in [4.69, 9.17) is 4.74 Å². The van der Waals surface area contributed by atoms with Gasteiger partial charge >= 0.3 is 5.97 Å². The summed E-state index contributed by atoms with van der Waals surface area (Å²) in [6, 6.07) is 18.0. The maximum Gasteiger partial charge on any atom is 0.337 e. The van der Waals surface area contributed by atoms with Gasteiger partial charge in [-0.15, -0.1) is 0 Å². The van der Waals surface area contributed by atoms with Crippen LogP contribution in [0.3, 0.4) is 0 Å². The molecule has 0 aliphatic heterocycles. The van der Waals surface area contributed by atoms with E-state index in [2.05, 4.69) is 15.3 Å². The second kappa shape index (κ2) is 8.14. The molecule has 1 N–H and O–H groups in total. The van der Waals surface area contributed by atoms with Gasteiger partial charge in [0.25, 0.3) is 5.91 Å². The molecule has 0 aromatic heterocycles. The first kappa shape index (κ1) is 18.1. The minimum absolute atomic E-state index is 0.375. The lowest BCUT2D eigenvalue weighted by Crippen LogP contribution is -2.18. The average Bonchev–Trinajstić information content (AvgIpc) is 2.72. The third-order valence-corrected chi connectivity index (χ3v) is 4.02. The van der Waals surface area contributed by atoms with E-state index in [1.54, 1.807) is 30.3 Å². The molecule has 3 rings (SSSR count). The Morgan fingerprint density at radius 1 is 0.963 bits per heavy atom. The molecule has 0 aliphatic rings. The molecule has 0 heterocycles. The molecule has 0 atom stereocenters. The van der Waals surface area contributed by atoms with E-state index in [0.717, 1.165) is 16.3 Å². The van der Waals surface area contributed by atoms with Gasteiger partial charge < -0.3 is 9.47 Å². The highest BCUT2D eigenvalue weighted by atomic mass is 16.5. The molecule has 0 spiro atoms. The minimum atomic E-state index is -0.407. The number of methoxy groups -OCH3 is 2. The fourth-order valence-electron chi connectivity index (χ4n) is 2.61. The Kier molecular flexibility index (Phi) is 5.47. The molecule has 0 bridgehead atoms. The van der Waals surface area contributed by atoms with Gasteiger partial charge in [0, 0.05) is 0 Å². The maximum absolute atomic E-state index is 12.5. The number of amides is 1. The van der Waals surface area contributed by atoms with E-state index in [1.807, 2.05) is 30.3 Å². The number of esters is 1. The number of ether oxygens (including phenoxy) is 2. The van der Waals surface area contributed by atoms with Crippen LogP contribution in [0.5, 0.6) is 5.75 Å². The molecule has 27 heavy (non-hydrogen) atoms. The van der Waals surface area contributed by atoms with Crippen LogP contribution in [0.15, 0.2) is 65.8 Å². The normalized spacial score (nSPS) is 10.7. The van der Waals surface area contributed by atoms with Crippen LogP contribution in [0.1, 0.15) is 26.3 Å². The lowest BCUT2D eigenvalue weighted by molar-refractivity contribution is 0.0600. The molecule has 0 saturated carbocycles. The van der Waals surface area contributed by atoms with Crippen molar-refractivity contribution in [2.75, 3.05) is 14.2 Å². The number of benzene rings is 3. The lowest BCUT2D eigenvalue weighted by atomic mass is 10.1. The SMILES string of the molecule is COC(=O)c1ccc(/C=N\NC(=O)c2cc3ccccc3cc2OC)cc1. The maximum atomic E-state index is 12.5. The van der Waals surface area contributed by atoms with E-state index in [0.29, 0.717) is 16.9 Å². The fourth-order valence-corrected chi connectivity index (χ4v) is 2.61. The number of nitrogens with zero attached hydrogens (tertiary/aromatic N) is 1. The minimum Gasteiger partial charge on any atom is -0.496 e. The van der Waals surface area contributed by atoms with Gasteiger partial charge in [0.15, 0.2) is 0 Å². The second-order valence-electron chi connectivity index (χ2n) is 5.71. The van der Waals surface area contributed by atoms with Crippen LogP contribution in [-0.2, 0) is 4.74 Å². The van der Waals surface area contributed by atoms with Crippen molar-refractivity contribution in [1.82, 2.24) is 5.43 Å². The van der Waals surface area contributed by atoms with E-state index in [1.165, 1.54) is 20.4 Å². The van der Waals surface area contributed by atoms with Crippen LogP contribution < -0.4 is 10.2 Å². The van der Waals surface area contributed by atoms with Crippen LogP contribution in [0.25, 0.3) is 10.8 Å². The molecule has 3 aromatic rings. The summed E-state index contributed by atoms with van der Waals surface area (Å²) >= 11 is 0. The monoisotopic (exact) mass is 362 g/mol. The molecular weight excluding hydrogens is 344 g/mol. The Hall–Kier alpha value is -3.67. The number of rotatable bonds is 5. The first-order chi connectivity index (χ1) is 13.1. The Labute approximate surface area is 156 Å². The molecule has 1 amide bonds. The Morgan fingerprint density at radius 2 is 1.63 bits per heavy atom. The third kappa shape index (κ3) is 4.12. The molecule has 0 saturated heterocycles. The number of hydrogen-bond acceptors (Lipinski definition) is 5. The van der Waals surface area contributed by atoms with E-state index >= 15 is 0 Å². The highest BCUT2D eigenvalue weighted by Gasteiger charge is 2.13. The van der Waals surface area contributed by atoms with Gasteiger partial charge in [-0.1, -0.05) is 36.4 Å². The van der Waals surface area contributed by atoms with Crippen LogP contribution in [0, 0.1) is 0 Å². The average molecular weight is 362 g/mol. The summed E-state index contributed by atoms with van der Waals surface area (Å²) in [5, 5.41) is 5.89. The number of hydrazone groups is 1. The summed E-state index contributed by atoms with van der Waals surface area (Å²) in [6.45, 7) is 0. The predicted molar refractivity (Wildman–Crippen MR) is 103 cm³/mol. The summed E-state index contributed by atoms with van der Waals surface area (Å²) in [7, 11) is 2.85. The fraction of sp³-hybridized carbons (Fsp3) is 0.0952. The van der Waals surface area contributed by atoms with Crippen LogP contribution in [-0.4, -0.2) is 32.3 Å². The summed E-state index contributed by atoms with van der Waals surface area (Å²) in [6.07, 6.45) is 1.49. The number of nitrogens with one attached hydrogen (secondary N) is 1. The molecule has 0 fully saturated rings. The van der Waals surface area contributed by atoms with E-state index < -0.39 is 5.97 Å². The summed E-state index contributed by atoms with van der Waals surface area (Å²) in [5.41, 5.74) is 4.07. The number of carbonyl (C=O) groups is 2. The van der Waals surface area contributed by atoms with Crippen molar-refractivity contribution in [1.29, 1.82) is 0 Å². The first-order valence-corrected chi connectivity index (χ1v) is 8.21. The van der Waals surface area contributed by atoms with Gasteiger partial charge in [0.2, 0.25) is 0 Å². The van der Waals surface area contributed by atoms with Gasteiger partial charge in [0.1, 0.15) is 5.75 Å². The molecule has 0 unspecified atom stereocenters. The topological polar surface area (TPSA) is 77.0 Å². The second-order valence-corrected chi connectivity index (χ2v) is 5.71. The molecule has 0 radical (unpaired) electrons. The lowest BCUT2D eigenvalue weighted by Gasteiger charge is -2.09. The zero-order valence-corrected chi connectivity index (χ0v) is 14.9. The molecule has 0 aliphatic carbocycles. The third-order valence-electron chi connectivity index (χ3n) is 4.02. The quantitative estimate of drug-likeness (QED) is 0.429. The first-order valence-electron chi connectivity index (χ1n) is 8.21. The van der Waals surface area contributed by atoms with Crippen LogP contribution >= 0.6 is 0 Å². The van der Waals surface area contributed by atoms with Crippen molar-refractivity contribution in [2.45, 2.75) is 0 Å². The smallest absolute Gasteiger partial charge is 0.337 e. The highest BCUT2D eigenvalue weighted by molar-refractivity contribution is 6.02. The van der Waals surface area contributed by atoms with Crippen molar-refractivity contribution >= 4 is 28.9 Å². The summed E-state index contributed by atoms with van der Waals surface area (Å²) in [4.78, 5) is 23.9. The van der Waals surface area contributed by atoms with Gasteiger partial charge in [-0.05, 0) is 40.6 Å². The van der Waals surface area contributed by atoms with Gasteiger partial charge in [0.05, 0.1) is 31.6 Å². The Bertz CT molecular complexity index is 1010. The van der Waals surface area contributed by atoms with Crippen molar-refractivity contribution in [2.24, 2.45) is 5.10 Å².